The number of carbonyl (C=O) groups excluding carboxylic acids is 1. The zero-order valence-electron chi connectivity index (χ0n) is 16.6. The molecule has 0 saturated carbocycles. The van der Waals surface area contributed by atoms with Gasteiger partial charge in [-0.3, -0.25) is 9.59 Å². The summed E-state index contributed by atoms with van der Waals surface area (Å²) in [4.78, 5) is 34.6. The first kappa shape index (κ1) is 20.0. The Morgan fingerprint density at radius 1 is 1.45 bits per heavy atom. The lowest BCUT2D eigenvalue weighted by molar-refractivity contribution is -0.113. The van der Waals surface area contributed by atoms with Gasteiger partial charge in [0.15, 0.2) is 5.16 Å². The van der Waals surface area contributed by atoms with Crippen LogP contribution in [0.4, 0.5) is 5.69 Å². The molecule has 4 rings (SSSR count). The summed E-state index contributed by atoms with van der Waals surface area (Å²) >= 11 is 2.84. The van der Waals surface area contributed by atoms with Crippen molar-refractivity contribution in [3.05, 3.63) is 44.6 Å². The molecule has 0 radical (unpaired) electrons. The van der Waals surface area contributed by atoms with Crippen LogP contribution >= 0.6 is 23.1 Å². The second kappa shape index (κ2) is 8.20. The summed E-state index contributed by atoms with van der Waals surface area (Å²) in [5.41, 5.74) is 2.72. The largest absolute Gasteiger partial charge is 0.495 e. The number of aromatic nitrogens is 2. The molecule has 0 aliphatic heterocycles. The third-order valence-electron chi connectivity index (χ3n) is 5.11. The van der Waals surface area contributed by atoms with E-state index in [1.54, 1.807) is 18.4 Å². The number of thiophene rings is 1. The van der Waals surface area contributed by atoms with E-state index < -0.39 is 0 Å². The minimum absolute atomic E-state index is 0.106. The van der Waals surface area contributed by atoms with Crippen molar-refractivity contribution in [1.82, 2.24) is 9.97 Å². The Hall–Kier alpha value is -2.32. The Morgan fingerprint density at radius 2 is 2.28 bits per heavy atom. The summed E-state index contributed by atoms with van der Waals surface area (Å²) in [6, 6.07) is 5.61. The molecular formula is C21H23N3O3S2. The van der Waals surface area contributed by atoms with Crippen LogP contribution in [0, 0.1) is 12.8 Å². The highest BCUT2D eigenvalue weighted by Gasteiger charge is 2.23. The van der Waals surface area contributed by atoms with E-state index in [9.17, 15) is 9.59 Å². The van der Waals surface area contributed by atoms with Crippen LogP contribution in [0.5, 0.6) is 5.75 Å². The average Bonchev–Trinajstić information content (AvgIpc) is 3.04. The number of hydrogen-bond donors (Lipinski definition) is 2. The number of aryl methyl sites for hydroxylation is 2. The molecule has 2 aromatic heterocycles. The van der Waals surface area contributed by atoms with Crippen LogP contribution < -0.4 is 15.6 Å². The lowest BCUT2D eigenvalue weighted by Crippen LogP contribution is -2.16. The number of ether oxygens (including phenoxy) is 1. The van der Waals surface area contributed by atoms with Crippen LogP contribution in [0.2, 0.25) is 0 Å². The first-order valence-electron chi connectivity index (χ1n) is 9.56. The molecule has 0 fully saturated rings. The van der Waals surface area contributed by atoms with Gasteiger partial charge in [0, 0.05) is 4.88 Å². The van der Waals surface area contributed by atoms with Gasteiger partial charge in [-0.05, 0) is 55.4 Å². The van der Waals surface area contributed by atoms with Gasteiger partial charge < -0.3 is 15.0 Å². The molecule has 0 saturated heterocycles. The van der Waals surface area contributed by atoms with Gasteiger partial charge in [-0.15, -0.1) is 11.3 Å². The number of H-pyrrole nitrogens is 1. The van der Waals surface area contributed by atoms with Gasteiger partial charge in [-0.1, -0.05) is 24.8 Å². The van der Waals surface area contributed by atoms with Gasteiger partial charge >= 0.3 is 0 Å². The van der Waals surface area contributed by atoms with Crippen molar-refractivity contribution in [3.8, 4) is 5.75 Å². The molecule has 1 aromatic carbocycles. The summed E-state index contributed by atoms with van der Waals surface area (Å²) in [5.74, 6) is 1.22. The van der Waals surface area contributed by atoms with E-state index >= 15 is 0 Å². The number of rotatable bonds is 5. The first-order valence-corrected chi connectivity index (χ1v) is 11.4. The van der Waals surface area contributed by atoms with Crippen LogP contribution in [0.15, 0.2) is 28.2 Å². The van der Waals surface area contributed by atoms with Gasteiger partial charge in [0.2, 0.25) is 5.91 Å². The Bertz CT molecular complexity index is 1140. The van der Waals surface area contributed by atoms with Crippen LogP contribution in [0.1, 0.15) is 29.3 Å². The molecule has 0 spiro atoms. The predicted molar refractivity (Wildman–Crippen MR) is 119 cm³/mol. The molecule has 29 heavy (non-hydrogen) atoms. The molecule has 2 heterocycles. The van der Waals surface area contributed by atoms with Crippen molar-refractivity contribution < 1.29 is 9.53 Å². The standard InChI is InChI=1S/C21H23N3O3S2/c1-11-5-7-15(27-3)14(8-11)22-17(25)10-28-21-23-19(26)18-13-6-4-12(2)9-16(13)29-20(18)24-21/h5,7-8,12H,4,6,9-10H2,1-3H3,(H,22,25)(H,23,24,26)/t12-/m1/s1. The SMILES string of the molecule is COc1ccc(C)cc1NC(=O)CSc1nc2sc3c(c2c(=O)[nH]1)CC[C@@H](C)C3. The Kier molecular flexibility index (Phi) is 5.65. The Morgan fingerprint density at radius 3 is 3.07 bits per heavy atom. The second-order valence-electron chi connectivity index (χ2n) is 7.44. The maximum atomic E-state index is 12.7. The number of thioether (sulfide) groups is 1. The van der Waals surface area contributed by atoms with Crippen molar-refractivity contribution in [2.75, 3.05) is 18.2 Å². The number of nitrogens with one attached hydrogen (secondary N) is 2. The predicted octanol–water partition coefficient (Wildman–Crippen LogP) is 4.16. The zero-order valence-corrected chi connectivity index (χ0v) is 18.3. The molecule has 152 valence electrons. The fraction of sp³-hybridized carbons (Fsp3) is 0.381. The number of hydrogen-bond acceptors (Lipinski definition) is 6. The summed E-state index contributed by atoms with van der Waals surface area (Å²) in [5, 5.41) is 4.07. The van der Waals surface area contributed by atoms with Gasteiger partial charge in [-0.2, -0.15) is 0 Å². The summed E-state index contributed by atoms with van der Waals surface area (Å²) < 4.78 is 5.30. The molecule has 3 aromatic rings. The molecule has 1 atom stereocenters. The number of methoxy groups -OCH3 is 1. The lowest BCUT2D eigenvalue weighted by Gasteiger charge is -2.17. The minimum atomic E-state index is -0.180. The number of nitrogens with zero attached hydrogens (tertiary/aromatic N) is 1. The normalized spacial score (nSPS) is 15.9. The number of benzene rings is 1. The maximum absolute atomic E-state index is 12.7. The van der Waals surface area contributed by atoms with E-state index in [4.69, 9.17) is 4.74 Å². The lowest BCUT2D eigenvalue weighted by atomic mass is 9.89. The van der Waals surface area contributed by atoms with Crippen molar-refractivity contribution >= 4 is 44.9 Å². The number of anilines is 1. The highest BCUT2D eigenvalue weighted by atomic mass is 32.2. The average molecular weight is 430 g/mol. The van der Waals surface area contributed by atoms with Crippen LogP contribution in [-0.2, 0) is 17.6 Å². The summed E-state index contributed by atoms with van der Waals surface area (Å²) in [6.07, 6.45) is 3.06. The van der Waals surface area contributed by atoms with E-state index in [-0.39, 0.29) is 17.2 Å². The van der Waals surface area contributed by atoms with Gasteiger partial charge in [0.05, 0.1) is 23.9 Å². The minimum Gasteiger partial charge on any atom is -0.495 e. The van der Waals surface area contributed by atoms with Crippen LogP contribution in [-0.4, -0.2) is 28.7 Å². The molecule has 2 N–H and O–H groups in total. The summed E-state index contributed by atoms with van der Waals surface area (Å²) in [6.45, 7) is 4.20. The van der Waals surface area contributed by atoms with Crippen molar-refractivity contribution in [2.24, 2.45) is 5.92 Å². The van der Waals surface area contributed by atoms with Crippen molar-refractivity contribution in [2.45, 2.75) is 38.3 Å². The topological polar surface area (TPSA) is 84.1 Å². The van der Waals surface area contributed by atoms with Gasteiger partial charge in [-0.25, -0.2) is 4.98 Å². The van der Waals surface area contributed by atoms with E-state index in [0.717, 1.165) is 40.6 Å². The molecule has 1 amide bonds. The maximum Gasteiger partial charge on any atom is 0.260 e. The quantitative estimate of drug-likeness (QED) is 0.470. The zero-order chi connectivity index (χ0) is 20.5. The van der Waals surface area contributed by atoms with Gasteiger partial charge in [0.25, 0.3) is 5.56 Å². The second-order valence-corrected chi connectivity index (χ2v) is 9.49. The molecule has 8 heteroatoms. The van der Waals surface area contributed by atoms with Crippen molar-refractivity contribution in [3.63, 3.8) is 0 Å². The molecule has 1 aliphatic carbocycles. The Balaban J connectivity index is 1.49. The third-order valence-corrected chi connectivity index (χ3v) is 7.13. The highest BCUT2D eigenvalue weighted by Crippen LogP contribution is 2.36. The fourth-order valence-electron chi connectivity index (χ4n) is 3.64. The molecule has 0 unspecified atom stereocenters. The number of aromatic amines is 1. The molecule has 6 nitrogen and oxygen atoms in total. The highest BCUT2D eigenvalue weighted by molar-refractivity contribution is 7.99. The van der Waals surface area contributed by atoms with Crippen molar-refractivity contribution in [1.29, 1.82) is 0 Å². The van der Waals surface area contributed by atoms with E-state index in [1.165, 1.54) is 16.6 Å². The van der Waals surface area contributed by atoms with E-state index in [1.807, 2.05) is 25.1 Å². The molecule has 0 bridgehead atoms. The number of fused-ring (bicyclic) bond motifs is 3. The van der Waals surface area contributed by atoms with Crippen LogP contribution in [0.25, 0.3) is 10.2 Å². The van der Waals surface area contributed by atoms with Crippen LogP contribution in [0.3, 0.4) is 0 Å². The monoisotopic (exact) mass is 429 g/mol. The first-order chi connectivity index (χ1) is 13.9. The number of amides is 1. The molecule has 1 aliphatic rings. The molecular weight excluding hydrogens is 406 g/mol. The Labute approximate surface area is 177 Å². The fourth-order valence-corrected chi connectivity index (χ4v) is 5.74. The summed E-state index contributed by atoms with van der Waals surface area (Å²) in [7, 11) is 1.57. The van der Waals surface area contributed by atoms with E-state index in [2.05, 4.69) is 22.2 Å². The number of carbonyl (C=O) groups is 1. The third kappa shape index (κ3) is 4.18. The van der Waals surface area contributed by atoms with E-state index in [0.29, 0.717) is 22.5 Å². The van der Waals surface area contributed by atoms with Gasteiger partial charge in [0.1, 0.15) is 10.6 Å². The smallest absolute Gasteiger partial charge is 0.260 e.